The first-order chi connectivity index (χ1) is 9.33. The fourth-order valence-corrected chi connectivity index (χ4v) is 3.65. The Kier molecular flexibility index (Phi) is 3.95. The summed E-state index contributed by atoms with van der Waals surface area (Å²) in [5.74, 6) is 0.672. The highest BCUT2D eigenvalue weighted by molar-refractivity contribution is 7.09. The second-order valence-corrected chi connectivity index (χ2v) is 6.24. The summed E-state index contributed by atoms with van der Waals surface area (Å²) >= 11 is 1.75. The predicted octanol–water partition coefficient (Wildman–Crippen LogP) is 3.66. The van der Waals surface area contributed by atoms with Crippen LogP contribution in [-0.2, 0) is 13.0 Å². The van der Waals surface area contributed by atoms with Crippen LogP contribution in [0.25, 0.3) is 0 Å². The standard InChI is InChI=1S/C16H20N2S/c1-12-11-19-16(18-12)10-17-9-14-7-4-6-13-5-2-3-8-15(13)14/h2-3,5,8,11,14,17H,4,6-7,9-10H2,1H3. The minimum atomic E-state index is 0.672. The van der Waals surface area contributed by atoms with Crippen LogP contribution in [0.3, 0.4) is 0 Å². The van der Waals surface area contributed by atoms with Crippen LogP contribution >= 0.6 is 11.3 Å². The molecule has 1 unspecified atom stereocenters. The van der Waals surface area contributed by atoms with Gasteiger partial charge in [-0.25, -0.2) is 4.98 Å². The van der Waals surface area contributed by atoms with Crippen LogP contribution in [0.1, 0.15) is 40.6 Å². The first-order valence-corrected chi connectivity index (χ1v) is 7.90. The van der Waals surface area contributed by atoms with E-state index in [0.29, 0.717) is 5.92 Å². The zero-order chi connectivity index (χ0) is 13.1. The molecule has 0 saturated heterocycles. The summed E-state index contributed by atoms with van der Waals surface area (Å²) in [5, 5.41) is 6.89. The molecule has 0 radical (unpaired) electrons. The van der Waals surface area contributed by atoms with Crippen LogP contribution in [0.15, 0.2) is 29.6 Å². The third-order valence-electron chi connectivity index (χ3n) is 3.83. The number of hydrogen-bond acceptors (Lipinski definition) is 3. The fourth-order valence-electron chi connectivity index (χ4n) is 2.90. The quantitative estimate of drug-likeness (QED) is 0.918. The molecule has 1 aromatic carbocycles. The Morgan fingerprint density at radius 3 is 3.11 bits per heavy atom. The predicted molar refractivity (Wildman–Crippen MR) is 80.7 cm³/mol. The van der Waals surface area contributed by atoms with Gasteiger partial charge in [0.2, 0.25) is 0 Å². The van der Waals surface area contributed by atoms with Crippen molar-refractivity contribution in [2.24, 2.45) is 0 Å². The molecule has 3 rings (SSSR count). The maximum Gasteiger partial charge on any atom is 0.107 e. The minimum absolute atomic E-state index is 0.672. The third kappa shape index (κ3) is 3.04. The Morgan fingerprint density at radius 1 is 1.37 bits per heavy atom. The van der Waals surface area contributed by atoms with E-state index < -0.39 is 0 Å². The van der Waals surface area contributed by atoms with Crippen molar-refractivity contribution in [1.29, 1.82) is 0 Å². The summed E-state index contributed by atoms with van der Waals surface area (Å²) in [5.41, 5.74) is 4.23. The molecule has 0 spiro atoms. The molecular weight excluding hydrogens is 252 g/mol. The van der Waals surface area contributed by atoms with Gasteiger partial charge in [0, 0.05) is 24.2 Å². The molecule has 1 aromatic heterocycles. The Bertz CT molecular complexity index is 547. The molecule has 1 aliphatic rings. The highest BCUT2D eigenvalue weighted by Gasteiger charge is 2.19. The molecule has 2 nitrogen and oxygen atoms in total. The van der Waals surface area contributed by atoms with Crippen molar-refractivity contribution in [2.75, 3.05) is 6.54 Å². The summed E-state index contributed by atoms with van der Waals surface area (Å²) in [4.78, 5) is 4.49. The van der Waals surface area contributed by atoms with E-state index in [1.54, 1.807) is 22.5 Å². The van der Waals surface area contributed by atoms with E-state index >= 15 is 0 Å². The summed E-state index contributed by atoms with van der Waals surface area (Å²) in [6.07, 6.45) is 3.87. The third-order valence-corrected chi connectivity index (χ3v) is 4.79. The van der Waals surface area contributed by atoms with Crippen molar-refractivity contribution < 1.29 is 0 Å². The van der Waals surface area contributed by atoms with Gasteiger partial charge in [0.25, 0.3) is 0 Å². The number of aryl methyl sites for hydroxylation is 2. The molecule has 0 amide bonds. The average Bonchev–Trinajstić information content (AvgIpc) is 2.85. The van der Waals surface area contributed by atoms with Crippen molar-refractivity contribution in [3.8, 4) is 0 Å². The molecule has 1 atom stereocenters. The van der Waals surface area contributed by atoms with E-state index in [4.69, 9.17) is 0 Å². The van der Waals surface area contributed by atoms with E-state index in [2.05, 4.69) is 46.9 Å². The van der Waals surface area contributed by atoms with Crippen molar-refractivity contribution in [3.05, 3.63) is 51.5 Å². The number of fused-ring (bicyclic) bond motifs is 1. The summed E-state index contributed by atoms with van der Waals surface area (Å²) in [6.45, 7) is 4.02. The second kappa shape index (κ2) is 5.85. The first kappa shape index (κ1) is 12.8. The van der Waals surface area contributed by atoms with Crippen molar-refractivity contribution in [2.45, 2.75) is 38.6 Å². The van der Waals surface area contributed by atoms with Gasteiger partial charge in [-0.3, -0.25) is 0 Å². The van der Waals surface area contributed by atoms with E-state index in [9.17, 15) is 0 Å². The van der Waals surface area contributed by atoms with Crippen LogP contribution in [0.5, 0.6) is 0 Å². The lowest BCUT2D eigenvalue weighted by Gasteiger charge is -2.25. The molecular formula is C16H20N2S. The van der Waals surface area contributed by atoms with Crippen LogP contribution in [0.4, 0.5) is 0 Å². The van der Waals surface area contributed by atoms with Gasteiger partial charge in [0.15, 0.2) is 0 Å². The van der Waals surface area contributed by atoms with Gasteiger partial charge in [-0.2, -0.15) is 0 Å². The summed E-state index contributed by atoms with van der Waals surface area (Å²) < 4.78 is 0. The van der Waals surface area contributed by atoms with Gasteiger partial charge >= 0.3 is 0 Å². The monoisotopic (exact) mass is 272 g/mol. The average molecular weight is 272 g/mol. The van der Waals surface area contributed by atoms with E-state index in [1.165, 1.54) is 24.3 Å². The SMILES string of the molecule is Cc1csc(CNCC2CCCc3ccccc32)n1. The number of rotatable bonds is 4. The van der Waals surface area contributed by atoms with E-state index in [-0.39, 0.29) is 0 Å². The van der Waals surface area contributed by atoms with Crippen LogP contribution in [0.2, 0.25) is 0 Å². The summed E-state index contributed by atoms with van der Waals surface area (Å²) in [7, 11) is 0. The largest absolute Gasteiger partial charge is 0.310 e. The lowest BCUT2D eigenvalue weighted by molar-refractivity contribution is 0.506. The number of nitrogens with one attached hydrogen (secondary N) is 1. The topological polar surface area (TPSA) is 24.9 Å². The van der Waals surface area contributed by atoms with Gasteiger partial charge in [-0.1, -0.05) is 24.3 Å². The van der Waals surface area contributed by atoms with Gasteiger partial charge in [-0.05, 0) is 43.2 Å². The van der Waals surface area contributed by atoms with Gasteiger partial charge in [0.05, 0.1) is 0 Å². The lowest BCUT2D eigenvalue weighted by Crippen LogP contribution is -2.24. The zero-order valence-electron chi connectivity index (χ0n) is 11.4. The molecule has 1 aliphatic carbocycles. The molecule has 0 bridgehead atoms. The van der Waals surface area contributed by atoms with Crippen molar-refractivity contribution in [3.63, 3.8) is 0 Å². The maximum absolute atomic E-state index is 4.49. The number of aromatic nitrogens is 1. The van der Waals surface area contributed by atoms with Crippen LogP contribution < -0.4 is 5.32 Å². The molecule has 1 heterocycles. The molecule has 100 valence electrons. The Hall–Kier alpha value is -1.19. The highest BCUT2D eigenvalue weighted by atomic mass is 32.1. The molecule has 2 aromatic rings. The Labute approximate surface area is 118 Å². The first-order valence-electron chi connectivity index (χ1n) is 7.02. The number of nitrogens with zero attached hydrogens (tertiary/aromatic N) is 1. The Morgan fingerprint density at radius 2 is 2.26 bits per heavy atom. The molecule has 0 saturated carbocycles. The molecule has 0 fully saturated rings. The van der Waals surface area contributed by atoms with Crippen LogP contribution in [-0.4, -0.2) is 11.5 Å². The maximum atomic E-state index is 4.49. The smallest absolute Gasteiger partial charge is 0.107 e. The van der Waals surface area contributed by atoms with Crippen LogP contribution in [0, 0.1) is 6.92 Å². The number of thiazole rings is 1. The molecule has 19 heavy (non-hydrogen) atoms. The van der Waals surface area contributed by atoms with Gasteiger partial charge < -0.3 is 5.32 Å². The highest BCUT2D eigenvalue weighted by Crippen LogP contribution is 2.30. The van der Waals surface area contributed by atoms with Crippen molar-refractivity contribution >= 4 is 11.3 Å². The van der Waals surface area contributed by atoms with Gasteiger partial charge in [0.1, 0.15) is 5.01 Å². The van der Waals surface area contributed by atoms with E-state index in [1.807, 2.05) is 0 Å². The molecule has 3 heteroatoms. The van der Waals surface area contributed by atoms with Gasteiger partial charge in [-0.15, -0.1) is 11.3 Å². The second-order valence-electron chi connectivity index (χ2n) is 5.30. The number of hydrogen-bond donors (Lipinski definition) is 1. The molecule has 1 N–H and O–H groups in total. The van der Waals surface area contributed by atoms with Crippen molar-refractivity contribution in [1.82, 2.24) is 10.3 Å². The normalized spacial score (nSPS) is 18.3. The van der Waals surface area contributed by atoms with E-state index in [0.717, 1.165) is 18.8 Å². The summed E-state index contributed by atoms with van der Waals surface area (Å²) in [6, 6.07) is 8.91. The minimum Gasteiger partial charge on any atom is -0.310 e. The lowest BCUT2D eigenvalue weighted by atomic mass is 9.83. The number of benzene rings is 1. The Balaban J connectivity index is 1.59. The fraction of sp³-hybridized carbons (Fsp3) is 0.438. The molecule has 0 aliphatic heterocycles. The zero-order valence-corrected chi connectivity index (χ0v) is 12.2.